The van der Waals surface area contributed by atoms with E-state index in [0.717, 1.165) is 45.6 Å². The van der Waals surface area contributed by atoms with Crippen molar-refractivity contribution in [3.8, 4) is 0 Å². The van der Waals surface area contributed by atoms with Gasteiger partial charge in [-0.1, -0.05) is 17.7 Å². The number of rotatable bonds is 5. The third-order valence-electron chi connectivity index (χ3n) is 7.01. The standard InChI is InChI=1S/C22H33N3O4S/c1-18-3-5-19(6-4-18)24-15-13-23(14-16-24)10-7-20-17-22(21(26)29-20)8-11-25(12-9-22)30(2,27)28/h3-6,20H,7-17H2,1-2H3/t20-/m1/s1. The maximum atomic E-state index is 12.6. The highest BCUT2D eigenvalue weighted by molar-refractivity contribution is 7.88. The van der Waals surface area contributed by atoms with Gasteiger partial charge in [-0.2, -0.15) is 0 Å². The Morgan fingerprint density at radius 3 is 2.27 bits per heavy atom. The Morgan fingerprint density at radius 2 is 1.67 bits per heavy atom. The van der Waals surface area contributed by atoms with Crippen LogP contribution in [-0.4, -0.2) is 81.8 Å². The summed E-state index contributed by atoms with van der Waals surface area (Å²) in [4.78, 5) is 17.5. The quantitative estimate of drug-likeness (QED) is 0.658. The molecule has 0 bridgehead atoms. The van der Waals surface area contributed by atoms with Crippen molar-refractivity contribution in [3.05, 3.63) is 29.8 Å². The monoisotopic (exact) mass is 435 g/mol. The zero-order chi connectivity index (χ0) is 21.4. The van der Waals surface area contributed by atoms with Crippen LogP contribution in [-0.2, 0) is 19.6 Å². The van der Waals surface area contributed by atoms with E-state index in [-0.39, 0.29) is 12.1 Å². The number of cyclic esters (lactones) is 1. The zero-order valence-electron chi connectivity index (χ0n) is 18.0. The first-order chi connectivity index (χ1) is 14.2. The molecular weight excluding hydrogens is 402 g/mol. The van der Waals surface area contributed by atoms with Gasteiger partial charge in [0.1, 0.15) is 6.10 Å². The molecule has 0 amide bonds. The van der Waals surface area contributed by atoms with Crippen molar-refractivity contribution >= 4 is 21.7 Å². The van der Waals surface area contributed by atoms with Gasteiger partial charge < -0.3 is 9.64 Å². The largest absolute Gasteiger partial charge is 0.462 e. The third kappa shape index (κ3) is 4.65. The summed E-state index contributed by atoms with van der Waals surface area (Å²) in [5.74, 6) is -0.121. The fourth-order valence-corrected chi connectivity index (χ4v) is 5.81. The van der Waals surface area contributed by atoms with Crippen molar-refractivity contribution in [2.24, 2.45) is 5.41 Å². The smallest absolute Gasteiger partial charge is 0.312 e. The Kier molecular flexibility index (Phi) is 6.10. The molecule has 4 rings (SSSR count). The van der Waals surface area contributed by atoms with Gasteiger partial charge in [-0.15, -0.1) is 0 Å². The Labute approximate surface area is 180 Å². The minimum Gasteiger partial charge on any atom is -0.462 e. The van der Waals surface area contributed by atoms with Crippen LogP contribution in [0.1, 0.15) is 31.2 Å². The van der Waals surface area contributed by atoms with E-state index in [2.05, 4.69) is 41.0 Å². The van der Waals surface area contributed by atoms with Gasteiger partial charge in [0.25, 0.3) is 0 Å². The number of piperazine rings is 1. The van der Waals surface area contributed by atoms with Crippen molar-refractivity contribution in [1.82, 2.24) is 9.21 Å². The van der Waals surface area contributed by atoms with E-state index in [1.165, 1.54) is 21.8 Å². The summed E-state index contributed by atoms with van der Waals surface area (Å²) in [5, 5.41) is 0. The summed E-state index contributed by atoms with van der Waals surface area (Å²) in [5.41, 5.74) is 2.09. The molecule has 30 heavy (non-hydrogen) atoms. The molecule has 3 aliphatic rings. The summed E-state index contributed by atoms with van der Waals surface area (Å²) < 4.78 is 30.7. The van der Waals surface area contributed by atoms with Crippen LogP contribution in [0.5, 0.6) is 0 Å². The van der Waals surface area contributed by atoms with Crippen LogP contribution in [0.3, 0.4) is 0 Å². The molecule has 3 saturated heterocycles. The van der Waals surface area contributed by atoms with Gasteiger partial charge in [-0.05, 0) is 38.3 Å². The van der Waals surface area contributed by atoms with Gasteiger partial charge in [-0.3, -0.25) is 9.69 Å². The molecule has 3 fully saturated rings. The molecule has 0 aliphatic carbocycles. The fourth-order valence-electron chi connectivity index (χ4n) is 4.96. The topological polar surface area (TPSA) is 70.2 Å². The maximum Gasteiger partial charge on any atom is 0.312 e. The molecule has 166 valence electrons. The van der Waals surface area contributed by atoms with Crippen molar-refractivity contribution in [2.75, 3.05) is 57.0 Å². The Bertz CT molecular complexity index is 855. The minimum absolute atomic E-state index is 0.0441. The van der Waals surface area contributed by atoms with Crippen molar-refractivity contribution in [3.63, 3.8) is 0 Å². The number of aryl methyl sites for hydroxylation is 1. The second kappa shape index (κ2) is 8.48. The number of nitrogens with zero attached hydrogens (tertiary/aromatic N) is 3. The molecule has 0 N–H and O–H groups in total. The van der Waals surface area contributed by atoms with Gasteiger partial charge in [0, 0.05) is 57.9 Å². The summed E-state index contributed by atoms with van der Waals surface area (Å²) in [7, 11) is -3.18. The van der Waals surface area contributed by atoms with E-state index in [1.54, 1.807) is 0 Å². The average Bonchev–Trinajstić information content (AvgIpc) is 3.02. The van der Waals surface area contributed by atoms with E-state index in [9.17, 15) is 13.2 Å². The van der Waals surface area contributed by atoms with Crippen molar-refractivity contribution in [1.29, 1.82) is 0 Å². The highest BCUT2D eigenvalue weighted by Gasteiger charge is 2.51. The average molecular weight is 436 g/mol. The minimum atomic E-state index is -3.18. The summed E-state index contributed by atoms with van der Waals surface area (Å²) in [6.07, 6.45) is 3.92. The van der Waals surface area contributed by atoms with Gasteiger partial charge in [0.05, 0.1) is 11.7 Å². The number of hydrogen-bond acceptors (Lipinski definition) is 6. The first-order valence-corrected chi connectivity index (χ1v) is 12.8. The van der Waals surface area contributed by atoms with Crippen LogP contribution in [0.15, 0.2) is 24.3 Å². The normalized spacial score (nSPS) is 25.6. The number of carbonyl (C=O) groups excluding carboxylic acids is 1. The second-order valence-electron chi connectivity index (χ2n) is 9.13. The second-order valence-corrected chi connectivity index (χ2v) is 11.1. The SMILES string of the molecule is Cc1ccc(N2CCN(CC[C@@H]3CC4(CCN(S(C)(=O)=O)CC4)C(=O)O3)CC2)cc1. The molecule has 3 heterocycles. The Morgan fingerprint density at radius 1 is 1.03 bits per heavy atom. The molecule has 7 nitrogen and oxygen atoms in total. The molecule has 1 spiro atoms. The number of sulfonamides is 1. The van der Waals surface area contributed by atoms with E-state index in [1.807, 2.05) is 0 Å². The number of piperidine rings is 1. The van der Waals surface area contributed by atoms with Crippen LogP contribution in [0, 0.1) is 12.3 Å². The number of carbonyl (C=O) groups is 1. The van der Waals surface area contributed by atoms with E-state index < -0.39 is 15.4 Å². The van der Waals surface area contributed by atoms with E-state index in [0.29, 0.717) is 25.9 Å². The predicted molar refractivity (Wildman–Crippen MR) is 117 cm³/mol. The first-order valence-electron chi connectivity index (χ1n) is 11.0. The molecule has 1 aromatic rings. The van der Waals surface area contributed by atoms with Gasteiger partial charge in [-0.25, -0.2) is 12.7 Å². The molecule has 3 aliphatic heterocycles. The van der Waals surface area contributed by atoms with Crippen LogP contribution in [0.2, 0.25) is 0 Å². The lowest BCUT2D eigenvalue weighted by molar-refractivity contribution is -0.150. The molecule has 8 heteroatoms. The number of benzene rings is 1. The van der Waals surface area contributed by atoms with E-state index >= 15 is 0 Å². The van der Waals surface area contributed by atoms with Crippen LogP contribution in [0.25, 0.3) is 0 Å². The number of hydrogen-bond donors (Lipinski definition) is 0. The van der Waals surface area contributed by atoms with Crippen LogP contribution < -0.4 is 4.90 Å². The van der Waals surface area contributed by atoms with Crippen LogP contribution in [0.4, 0.5) is 5.69 Å². The summed E-state index contributed by atoms with van der Waals surface area (Å²) in [6, 6.07) is 8.70. The molecule has 0 unspecified atom stereocenters. The zero-order valence-corrected chi connectivity index (χ0v) is 18.9. The molecular formula is C22H33N3O4S. The van der Waals surface area contributed by atoms with Gasteiger partial charge >= 0.3 is 5.97 Å². The number of ether oxygens (including phenoxy) is 1. The van der Waals surface area contributed by atoms with Crippen molar-refractivity contribution < 1.29 is 17.9 Å². The molecule has 1 aromatic carbocycles. The van der Waals surface area contributed by atoms with Gasteiger partial charge in [0.2, 0.25) is 10.0 Å². The lowest BCUT2D eigenvalue weighted by Gasteiger charge is -2.36. The first kappa shape index (κ1) is 21.6. The highest BCUT2D eigenvalue weighted by atomic mass is 32.2. The Hall–Kier alpha value is -1.64. The van der Waals surface area contributed by atoms with Gasteiger partial charge in [0.15, 0.2) is 0 Å². The molecule has 0 saturated carbocycles. The maximum absolute atomic E-state index is 12.6. The lowest BCUT2D eigenvalue weighted by atomic mass is 9.76. The van der Waals surface area contributed by atoms with E-state index in [4.69, 9.17) is 4.74 Å². The Balaban J connectivity index is 1.23. The third-order valence-corrected chi connectivity index (χ3v) is 8.32. The highest BCUT2D eigenvalue weighted by Crippen LogP contribution is 2.44. The lowest BCUT2D eigenvalue weighted by Crippen LogP contribution is -2.47. The summed E-state index contributed by atoms with van der Waals surface area (Å²) >= 11 is 0. The number of anilines is 1. The van der Waals surface area contributed by atoms with Crippen LogP contribution >= 0.6 is 0 Å². The fraction of sp³-hybridized carbons (Fsp3) is 0.682. The van der Waals surface area contributed by atoms with Crippen molar-refractivity contribution in [2.45, 2.75) is 38.7 Å². The molecule has 0 aromatic heterocycles. The molecule has 1 atom stereocenters. The summed E-state index contributed by atoms with van der Waals surface area (Å²) in [6.45, 7) is 7.94. The molecule has 0 radical (unpaired) electrons. The predicted octanol–water partition coefficient (Wildman–Crippen LogP) is 1.86. The number of esters is 1.